The molecule has 1 rings (SSSR count). The lowest BCUT2D eigenvalue weighted by Gasteiger charge is -2.10. The van der Waals surface area contributed by atoms with Crippen molar-refractivity contribution in [3.05, 3.63) is 0 Å². The molecule has 0 atom stereocenters. The molecule has 3 nitrogen and oxygen atoms in total. The maximum absolute atomic E-state index is 11.2. The van der Waals surface area contributed by atoms with E-state index in [-0.39, 0.29) is 12.0 Å². The third-order valence-electron chi connectivity index (χ3n) is 2.65. The van der Waals surface area contributed by atoms with Gasteiger partial charge in [0.05, 0.1) is 6.10 Å². The Hall–Kier alpha value is -0.570. The molecule has 82 valence electrons. The second kappa shape index (κ2) is 6.82. The van der Waals surface area contributed by atoms with Crippen molar-refractivity contribution in [3.8, 4) is 0 Å². The van der Waals surface area contributed by atoms with E-state index in [1.165, 1.54) is 12.8 Å². The van der Waals surface area contributed by atoms with E-state index in [9.17, 15) is 4.79 Å². The summed E-state index contributed by atoms with van der Waals surface area (Å²) in [5.74, 6) is 0.0327. The predicted molar refractivity (Wildman–Crippen MR) is 55.6 cm³/mol. The van der Waals surface area contributed by atoms with Crippen molar-refractivity contribution in [1.29, 1.82) is 0 Å². The molecular weight excluding hydrogens is 178 g/mol. The molecule has 1 aliphatic carbocycles. The van der Waals surface area contributed by atoms with E-state index in [0.717, 1.165) is 32.1 Å². The molecular formula is C11H21NO2. The van der Waals surface area contributed by atoms with Crippen molar-refractivity contribution in [2.45, 2.75) is 64.4 Å². The van der Waals surface area contributed by atoms with E-state index < -0.39 is 0 Å². The Morgan fingerprint density at radius 3 is 2.71 bits per heavy atom. The smallest absolute Gasteiger partial charge is 0.243 e. The third-order valence-corrected chi connectivity index (χ3v) is 2.65. The molecule has 0 unspecified atom stereocenters. The first-order valence-corrected chi connectivity index (χ1v) is 5.77. The second-order valence-corrected chi connectivity index (χ2v) is 4.01. The molecule has 1 aliphatic rings. The number of hydroxylamine groups is 1. The average molecular weight is 199 g/mol. The van der Waals surface area contributed by atoms with Gasteiger partial charge in [0.2, 0.25) is 5.91 Å². The number of nitrogens with one attached hydrogen (secondary N) is 1. The SMILES string of the molecule is CCCCCC(=O)NOC1CCCC1. The zero-order chi connectivity index (χ0) is 10.2. The number of amides is 1. The van der Waals surface area contributed by atoms with Gasteiger partial charge in [-0.2, -0.15) is 0 Å². The zero-order valence-corrected chi connectivity index (χ0v) is 9.05. The summed E-state index contributed by atoms with van der Waals surface area (Å²) in [5, 5.41) is 0. The van der Waals surface area contributed by atoms with Gasteiger partial charge in [0.15, 0.2) is 0 Å². The summed E-state index contributed by atoms with van der Waals surface area (Å²) >= 11 is 0. The predicted octanol–water partition coefficient (Wildman–Crippen LogP) is 2.56. The summed E-state index contributed by atoms with van der Waals surface area (Å²) in [6, 6.07) is 0. The minimum atomic E-state index is 0.0327. The number of carbonyl (C=O) groups is 1. The molecule has 0 aromatic carbocycles. The molecule has 0 spiro atoms. The lowest BCUT2D eigenvalue weighted by atomic mass is 10.2. The minimum absolute atomic E-state index is 0.0327. The van der Waals surface area contributed by atoms with Crippen LogP contribution in [0.5, 0.6) is 0 Å². The highest BCUT2D eigenvalue weighted by atomic mass is 16.7. The molecule has 1 saturated carbocycles. The summed E-state index contributed by atoms with van der Waals surface area (Å²) in [7, 11) is 0. The Labute approximate surface area is 86.2 Å². The first kappa shape index (κ1) is 11.5. The largest absolute Gasteiger partial charge is 0.273 e. The lowest BCUT2D eigenvalue weighted by molar-refractivity contribution is -0.138. The van der Waals surface area contributed by atoms with Crippen molar-refractivity contribution < 1.29 is 9.63 Å². The number of carbonyl (C=O) groups excluding carboxylic acids is 1. The van der Waals surface area contributed by atoms with Crippen LogP contribution in [0.4, 0.5) is 0 Å². The number of rotatable bonds is 6. The second-order valence-electron chi connectivity index (χ2n) is 4.01. The van der Waals surface area contributed by atoms with Gasteiger partial charge in [-0.05, 0) is 19.3 Å². The van der Waals surface area contributed by atoms with Crippen LogP contribution >= 0.6 is 0 Å². The van der Waals surface area contributed by atoms with Gasteiger partial charge in [-0.3, -0.25) is 9.63 Å². The fourth-order valence-electron chi connectivity index (χ4n) is 1.74. The molecule has 3 heteroatoms. The highest BCUT2D eigenvalue weighted by Crippen LogP contribution is 2.19. The van der Waals surface area contributed by atoms with E-state index in [1.54, 1.807) is 0 Å². The maximum Gasteiger partial charge on any atom is 0.243 e. The van der Waals surface area contributed by atoms with Crippen molar-refractivity contribution in [2.24, 2.45) is 0 Å². The third kappa shape index (κ3) is 4.61. The molecule has 0 radical (unpaired) electrons. The summed E-state index contributed by atoms with van der Waals surface area (Å²) < 4.78 is 0. The lowest BCUT2D eigenvalue weighted by Crippen LogP contribution is -2.27. The maximum atomic E-state index is 11.2. The van der Waals surface area contributed by atoms with E-state index in [2.05, 4.69) is 12.4 Å². The van der Waals surface area contributed by atoms with Crippen LogP contribution in [0.25, 0.3) is 0 Å². The molecule has 14 heavy (non-hydrogen) atoms. The quantitative estimate of drug-likeness (QED) is 0.527. The van der Waals surface area contributed by atoms with Crippen LogP contribution in [0.2, 0.25) is 0 Å². The number of hydrogen-bond donors (Lipinski definition) is 1. The normalized spacial score (nSPS) is 17.2. The standard InChI is InChI=1S/C11H21NO2/c1-2-3-4-9-11(13)12-14-10-7-5-6-8-10/h10H,2-9H2,1H3,(H,12,13). The molecule has 0 bridgehead atoms. The Morgan fingerprint density at radius 2 is 2.07 bits per heavy atom. The van der Waals surface area contributed by atoms with E-state index >= 15 is 0 Å². The zero-order valence-electron chi connectivity index (χ0n) is 9.05. The van der Waals surface area contributed by atoms with Gasteiger partial charge < -0.3 is 0 Å². The first-order chi connectivity index (χ1) is 6.83. The van der Waals surface area contributed by atoms with E-state index in [1.807, 2.05) is 0 Å². The molecule has 0 heterocycles. The number of unbranched alkanes of at least 4 members (excludes halogenated alkanes) is 2. The van der Waals surface area contributed by atoms with E-state index in [4.69, 9.17) is 4.84 Å². The monoisotopic (exact) mass is 199 g/mol. The topological polar surface area (TPSA) is 38.3 Å². The molecule has 1 fully saturated rings. The van der Waals surface area contributed by atoms with Crippen molar-refractivity contribution in [1.82, 2.24) is 5.48 Å². The Morgan fingerprint density at radius 1 is 1.36 bits per heavy atom. The Balaban J connectivity index is 1.96. The Bertz CT molecular complexity index is 165. The van der Waals surface area contributed by atoms with Crippen LogP contribution in [0.15, 0.2) is 0 Å². The summed E-state index contributed by atoms with van der Waals surface area (Å²) in [6.45, 7) is 2.13. The van der Waals surface area contributed by atoms with Gasteiger partial charge in [0.1, 0.15) is 0 Å². The fourth-order valence-corrected chi connectivity index (χ4v) is 1.74. The summed E-state index contributed by atoms with van der Waals surface area (Å²) in [5.41, 5.74) is 2.54. The van der Waals surface area contributed by atoms with Crippen LogP contribution in [0.3, 0.4) is 0 Å². The molecule has 0 aliphatic heterocycles. The minimum Gasteiger partial charge on any atom is -0.273 e. The Kier molecular flexibility index (Phi) is 5.60. The van der Waals surface area contributed by atoms with Crippen molar-refractivity contribution in [2.75, 3.05) is 0 Å². The average Bonchev–Trinajstić information content (AvgIpc) is 2.68. The van der Waals surface area contributed by atoms with Crippen LogP contribution in [0, 0.1) is 0 Å². The fraction of sp³-hybridized carbons (Fsp3) is 0.909. The molecule has 1 amide bonds. The van der Waals surface area contributed by atoms with Crippen LogP contribution < -0.4 is 5.48 Å². The molecule has 0 saturated heterocycles. The summed E-state index contributed by atoms with van der Waals surface area (Å²) in [6.07, 6.45) is 8.76. The van der Waals surface area contributed by atoms with Gasteiger partial charge in [0, 0.05) is 6.42 Å². The highest BCUT2D eigenvalue weighted by molar-refractivity contribution is 5.74. The van der Waals surface area contributed by atoms with Gasteiger partial charge in [0.25, 0.3) is 0 Å². The van der Waals surface area contributed by atoms with Crippen LogP contribution in [0.1, 0.15) is 58.3 Å². The van der Waals surface area contributed by atoms with Gasteiger partial charge in [-0.15, -0.1) is 0 Å². The van der Waals surface area contributed by atoms with Crippen LogP contribution in [-0.4, -0.2) is 12.0 Å². The van der Waals surface area contributed by atoms with Gasteiger partial charge in [-0.1, -0.05) is 32.6 Å². The van der Waals surface area contributed by atoms with Gasteiger partial charge in [-0.25, -0.2) is 5.48 Å². The highest BCUT2D eigenvalue weighted by Gasteiger charge is 2.16. The van der Waals surface area contributed by atoms with Gasteiger partial charge >= 0.3 is 0 Å². The molecule has 1 N–H and O–H groups in total. The van der Waals surface area contributed by atoms with Crippen LogP contribution in [-0.2, 0) is 9.63 Å². The molecule has 0 aromatic heterocycles. The van der Waals surface area contributed by atoms with Crippen molar-refractivity contribution in [3.63, 3.8) is 0 Å². The summed E-state index contributed by atoms with van der Waals surface area (Å²) in [4.78, 5) is 16.5. The van der Waals surface area contributed by atoms with E-state index in [0.29, 0.717) is 6.42 Å². The van der Waals surface area contributed by atoms with Crippen molar-refractivity contribution >= 4 is 5.91 Å². The molecule has 0 aromatic rings. The number of hydrogen-bond acceptors (Lipinski definition) is 2. The first-order valence-electron chi connectivity index (χ1n) is 5.77.